The van der Waals surface area contributed by atoms with Gasteiger partial charge in [0.05, 0.1) is 5.75 Å². The second kappa shape index (κ2) is 5.66. The summed E-state index contributed by atoms with van der Waals surface area (Å²) in [4.78, 5) is 0. The molecule has 0 saturated heterocycles. The molecule has 1 aliphatic carbocycles. The van der Waals surface area contributed by atoms with E-state index in [2.05, 4.69) is 6.08 Å². The lowest BCUT2D eigenvalue weighted by molar-refractivity contribution is 0.585. The molecule has 1 atom stereocenters. The third kappa shape index (κ3) is 5.33. The van der Waals surface area contributed by atoms with E-state index in [1.165, 1.54) is 25.5 Å². The van der Waals surface area contributed by atoms with Gasteiger partial charge in [-0.1, -0.05) is 24.5 Å². The van der Waals surface area contributed by atoms with Gasteiger partial charge in [0.1, 0.15) is 9.84 Å². The zero-order valence-corrected chi connectivity index (χ0v) is 10.2. The highest BCUT2D eigenvalue weighted by atomic mass is 32.2. The van der Waals surface area contributed by atoms with Crippen LogP contribution in [-0.4, -0.2) is 26.5 Å². The second-order valence-corrected chi connectivity index (χ2v) is 6.62. The van der Waals surface area contributed by atoms with Gasteiger partial charge in [-0.05, 0) is 25.7 Å². The highest BCUT2D eigenvalue weighted by Gasteiger charge is 2.15. The van der Waals surface area contributed by atoms with Gasteiger partial charge in [0.2, 0.25) is 0 Å². The fourth-order valence-corrected chi connectivity index (χ4v) is 2.85. The van der Waals surface area contributed by atoms with E-state index in [1.54, 1.807) is 0 Å². The van der Waals surface area contributed by atoms with E-state index in [1.807, 2.05) is 0 Å². The zero-order valence-electron chi connectivity index (χ0n) is 9.41. The third-order valence-corrected chi connectivity index (χ3v) is 3.75. The van der Waals surface area contributed by atoms with Crippen molar-refractivity contribution in [1.29, 1.82) is 0 Å². The van der Waals surface area contributed by atoms with E-state index in [0.29, 0.717) is 0 Å². The van der Waals surface area contributed by atoms with Crippen molar-refractivity contribution in [2.75, 3.05) is 12.0 Å². The average molecular weight is 231 g/mol. The SMILES string of the molecule is CS(=O)(=O)CC(N)C1=CCCCCCC1. The number of allylic oxidation sites excluding steroid dienone is 1. The Bertz CT molecular complexity index is 319. The van der Waals surface area contributed by atoms with Gasteiger partial charge in [-0.3, -0.25) is 0 Å². The van der Waals surface area contributed by atoms with Crippen LogP contribution in [0.2, 0.25) is 0 Å². The quantitative estimate of drug-likeness (QED) is 0.751. The molecular weight excluding hydrogens is 210 g/mol. The van der Waals surface area contributed by atoms with Crippen LogP contribution in [0, 0.1) is 0 Å². The molecule has 0 aliphatic heterocycles. The topological polar surface area (TPSA) is 60.2 Å². The largest absolute Gasteiger partial charge is 0.323 e. The Kier molecular flexibility index (Phi) is 4.80. The molecule has 0 radical (unpaired) electrons. The lowest BCUT2D eigenvalue weighted by atomic mass is 9.96. The minimum absolute atomic E-state index is 0.0822. The van der Waals surface area contributed by atoms with Gasteiger partial charge < -0.3 is 5.73 Å². The minimum Gasteiger partial charge on any atom is -0.323 e. The molecule has 1 unspecified atom stereocenters. The molecule has 15 heavy (non-hydrogen) atoms. The molecule has 0 aromatic heterocycles. The molecule has 4 heteroatoms. The van der Waals surface area contributed by atoms with Gasteiger partial charge in [0.15, 0.2) is 0 Å². The molecule has 0 bridgehead atoms. The van der Waals surface area contributed by atoms with Crippen molar-refractivity contribution < 1.29 is 8.42 Å². The maximum absolute atomic E-state index is 11.1. The normalized spacial score (nSPS) is 21.3. The number of sulfone groups is 1. The molecule has 0 heterocycles. The van der Waals surface area contributed by atoms with E-state index < -0.39 is 9.84 Å². The molecule has 1 aliphatic rings. The summed E-state index contributed by atoms with van der Waals surface area (Å²) in [5.41, 5.74) is 7.05. The fourth-order valence-electron chi connectivity index (χ4n) is 1.99. The summed E-state index contributed by atoms with van der Waals surface area (Å²) in [5, 5.41) is 0. The summed E-state index contributed by atoms with van der Waals surface area (Å²) in [6.45, 7) is 0. The molecule has 88 valence electrons. The van der Waals surface area contributed by atoms with Crippen LogP contribution in [0.1, 0.15) is 38.5 Å². The summed E-state index contributed by atoms with van der Waals surface area (Å²) in [7, 11) is -2.96. The molecule has 0 fully saturated rings. The van der Waals surface area contributed by atoms with Crippen LogP contribution in [0.5, 0.6) is 0 Å². The summed E-state index contributed by atoms with van der Waals surface area (Å²) >= 11 is 0. The molecular formula is C11H21NO2S. The van der Waals surface area contributed by atoms with E-state index in [4.69, 9.17) is 5.73 Å². The average Bonchev–Trinajstić information content (AvgIpc) is 1.98. The Morgan fingerprint density at radius 1 is 1.33 bits per heavy atom. The molecule has 0 amide bonds. The van der Waals surface area contributed by atoms with E-state index in [9.17, 15) is 8.42 Å². The summed E-state index contributed by atoms with van der Waals surface area (Å²) in [5.74, 6) is 0.0822. The molecule has 2 N–H and O–H groups in total. The molecule has 0 spiro atoms. The smallest absolute Gasteiger partial charge is 0.149 e. The first-order chi connectivity index (χ1) is 6.99. The minimum atomic E-state index is -2.96. The van der Waals surface area contributed by atoms with Crippen LogP contribution in [-0.2, 0) is 9.84 Å². The van der Waals surface area contributed by atoms with Gasteiger partial charge in [-0.15, -0.1) is 0 Å². The van der Waals surface area contributed by atoms with Crippen LogP contribution < -0.4 is 5.73 Å². The summed E-state index contributed by atoms with van der Waals surface area (Å²) < 4.78 is 22.3. The zero-order chi connectivity index (χ0) is 11.3. The maximum atomic E-state index is 11.1. The van der Waals surface area contributed by atoms with E-state index in [-0.39, 0.29) is 11.8 Å². The van der Waals surface area contributed by atoms with E-state index in [0.717, 1.165) is 24.8 Å². The maximum Gasteiger partial charge on any atom is 0.149 e. The van der Waals surface area contributed by atoms with Crippen molar-refractivity contribution in [2.24, 2.45) is 5.73 Å². The van der Waals surface area contributed by atoms with Crippen LogP contribution in [0.15, 0.2) is 11.6 Å². The Labute approximate surface area is 92.7 Å². The van der Waals surface area contributed by atoms with Crippen molar-refractivity contribution in [3.63, 3.8) is 0 Å². The predicted octanol–water partition coefficient (Wildman–Crippen LogP) is 1.64. The van der Waals surface area contributed by atoms with Gasteiger partial charge in [-0.2, -0.15) is 0 Å². The van der Waals surface area contributed by atoms with Gasteiger partial charge in [0, 0.05) is 12.3 Å². The van der Waals surface area contributed by atoms with Crippen LogP contribution >= 0.6 is 0 Å². The van der Waals surface area contributed by atoms with Gasteiger partial charge in [0.25, 0.3) is 0 Å². The Hall–Kier alpha value is -0.350. The standard InChI is InChI=1S/C11H21NO2S/c1-15(13,14)9-11(12)10-7-5-3-2-4-6-8-10/h7,11H,2-6,8-9,12H2,1H3. The Balaban J connectivity index is 2.59. The van der Waals surface area contributed by atoms with Crippen molar-refractivity contribution in [3.8, 4) is 0 Å². The highest BCUT2D eigenvalue weighted by molar-refractivity contribution is 7.90. The first-order valence-corrected chi connectivity index (χ1v) is 7.67. The fraction of sp³-hybridized carbons (Fsp3) is 0.818. The van der Waals surface area contributed by atoms with Crippen molar-refractivity contribution in [2.45, 2.75) is 44.6 Å². The van der Waals surface area contributed by atoms with Crippen molar-refractivity contribution >= 4 is 9.84 Å². The van der Waals surface area contributed by atoms with Crippen LogP contribution in [0.25, 0.3) is 0 Å². The number of rotatable bonds is 3. The summed E-state index contributed by atoms with van der Waals surface area (Å²) in [6.07, 6.45) is 10.3. The monoisotopic (exact) mass is 231 g/mol. The number of hydrogen-bond donors (Lipinski definition) is 1. The first kappa shape index (κ1) is 12.7. The lowest BCUT2D eigenvalue weighted by Gasteiger charge is -2.17. The van der Waals surface area contributed by atoms with Gasteiger partial charge in [-0.25, -0.2) is 8.42 Å². The molecule has 1 rings (SSSR count). The third-order valence-electron chi connectivity index (χ3n) is 2.78. The van der Waals surface area contributed by atoms with Crippen LogP contribution in [0.4, 0.5) is 0 Å². The second-order valence-electron chi connectivity index (χ2n) is 4.43. The number of nitrogens with two attached hydrogens (primary N) is 1. The summed E-state index contributed by atoms with van der Waals surface area (Å²) in [6, 6.07) is -0.293. The predicted molar refractivity (Wildman–Crippen MR) is 63.5 cm³/mol. The van der Waals surface area contributed by atoms with Crippen LogP contribution in [0.3, 0.4) is 0 Å². The first-order valence-electron chi connectivity index (χ1n) is 5.61. The van der Waals surface area contributed by atoms with Crippen molar-refractivity contribution in [3.05, 3.63) is 11.6 Å². The lowest BCUT2D eigenvalue weighted by Crippen LogP contribution is -2.31. The molecule has 0 saturated carbocycles. The molecule has 0 aromatic rings. The Morgan fingerprint density at radius 2 is 2.00 bits per heavy atom. The molecule has 0 aromatic carbocycles. The Morgan fingerprint density at radius 3 is 2.67 bits per heavy atom. The van der Waals surface area contributed by atoms with Crippen molar-refractivity contribution in [1.82, 2.24) is 0 Å². The molecule has 3 nitrogen and oxygen atoms in total. The van der Waals surface area contributed by atoms with Gasteiger partial charge >= 0.3 is 0 Å². The van der Waals surface area contributed by atoms with E-state index >= 15 is 0 Å². The highest BCUT2D eigenvalue weighted by Crippen LogP contribution is 2.19. The number of hydrogen-bond acceptors (Lipinski definition) is 3.